The number of hydrogen-bond acceptors (Lipinski definition) is 6. The molecule has 1 atom stereocenters. The van der Waals surface area contributed by atoms with Crippen molar-refractivity contribution in [3.63, 3.8) is 0 Å². The lowest BCUT2D eigenvalue weighted by Crippen LogP contribution is -2.51. The fourth-order valence-corrected chi connectivity index (χ4v) is 5.13. The summed E-state index contributed by atoms with van der Waals surface area (Å²) in [7, 11) is 4.45. The first-order chi connectivity index (χ1) is 16.1. The van der Waals surface area contributed by atoms with Crippen LogP contribution in [0.25, 0.3) is 22.2 Å². The van der Waals surface area contributed by atoms with Crippen LogP contribution >= 0.6 is 0 Å². The van der Waals surface area contributed by atoms with Crippen molar-refractivity contribution in [1.82, 2.24) is 24.6 Å². The summed E-state index contributed by atoms with van der Waals surface area (Å²) in [5.74, 6) is 0. The molecule has 2 N–H and O–H groups in total. The average Bonchev–Trinajstić information content (AvgIpc) is 3.43. The van der Waals surface area contributed by atoms with Crippen molar-refractivity contribution in [3.05, 3.63) is 30.9 Å². The predicted octanol–water partition coefficient (Wildman–Crippen LogP) is 3.95. The van der Waals surface area contributed by atoms with Crippen LogP contribution in [-0.2, 0) is 11.8 Å². The maximum atomic E-state index is 9.95. The lowest BCUT2D eigenvalue weighted by atomic mass is 9.82. The van der Waals surface area contributed by atoms with Crippen LogP contribution in [0.5, 0.6) is 0 Å². The van der Waals surface area contributed by atoms with Gasteiger partial charge in [0.2, 0.25) is 0 Å². The molecule has 34 heavy (non-hydrogen) atoms. The second-order valence-electron chi connectivity index (χ2n) is 10.5. The average molecular weight is 485 g/mol. The van der Waals surface area contributed by atoms with Gasteiger partial charge in [-0.15, -0.1) is 0 Å². The highest BCUT2D eigenvalue weighted by molar-refractivity contribution is 6.76. The fraction of sp³-hybridized carbons (Fsp3) is 0.583. The van der Waals surface area contributed by atoms with Gasteiger partial charge in [-0.2, -0.15) is 5.10 Å². The molecule has 0 radical (unpaired) electrons. The second-order valence-corrected chi connectivity index (χ2v) is 16.1. The Labute approximate surface area is 205 Å². The van der Waals surface area contributed by atoms with Gasteiger partial charge in [-0.05, 0) is 38.8 Å². The van der Waals surface area contributed by atoms with Crippen molar-refractivity contribution in [2.24, 2.45) is 7.05 Å². The highest BCUT2D eigenvalue weighted by Gasteiger charge is 2.28. The van der Waals surface area contributed by atoms with Crippen LogP contribution in [0.2, 0.25) is 32.5 Å². The van der Waals surface area contributed by atoms with Gasteiger partial charge in [-0.25, -0.2) is 4.98 Å². The summed E-state index contributed by atoms with van der Waals surface area (Å²) in [5.41, 5.74) is 4.30. The van der Waals surface area contributed by atoms with Crippen molar-refractivity contribution < 1.29 is 9.76 Å². The number of aromatic amines is 1. The Kier molecular flexibility index (Phi) is 8.97. The van der Waals surface area contributed by atoms with E-state index in [0.29, 0.717) is 6.04 Å². The van der Waals surface area contributed by atoms with E-state index < -0.39 is 15.1 Å². The Morgan fingerprint density at radius 3 is 2.71 bits per heavy atom. The number of nitrogens with zero attached hydrogens (tertiary/aromatic N) is 5. The van der Waals surface area contributed by atoms with Crippen LogP contribution in [0.4, 0.5) is 5.69 Å². The van der Waals surface area contributed by atoms with Crippen LogP contribution in [0.3, 0.4) is 0 Å². The lowest BCUT2D eigenvalue weighted by Gasteiger charge is -2.39. The third-order valence-electron chi connectivity index (χ3n) is 6.53. The number of nitrogens with one attached hydrogen (secondary N) is 1. The number of anilines is 1. The van der Waals surface area contributed by atoms with E-state index in [1.807, 2.05) is 50.4 Å². The third kappa shape index (κ3) is 6.72. The van der Waals surface area contributed by atoms with Gasteiger partial charge in [0.05, 0.1) is 11.6 Å². The molecule has 0 spiro atoms. The van der Waals surface area contributed by atoms with E-state index in [9.17, 15) is 5.02 Å². The number of pyridine rings is 1. The zero-order valence-electron chi connectivity index (χ0n) is 21.9. The Balaban J connectivity index is 0.000000350. The number of H-pyrrole nitrogens is 1. The Morgan fingerprint density at radius 1 is 1.35 bits per heavy atom. The fourth-order valence-electron chi connectivity index (χ4n) is 4.31. The zero-order valence-corrected chi connectivity index (χ0v) is 22.9. The number of likely N-dealkylation sites (N-methyl/N-ethyl adjacent to an activating group) is 1. The maximum absolute atomic E-state index is 9.95. The van der Waals surface area contributed by atoms with E-state index in [1.54, 1.807) is 7.11 Å². The normalized spacial score (nSPS) is 16.6. The third-order valence-corrected chi connectivity index (χ3v) is 8.23. The van der Waals surface area contributed by atoms with Gasteiger partial charge >= 0.3 is 7.05 Å². The number of hydrogen-bond donors (Lipinski definition) is 2. The summed E-state index contributed by atoms with van der Waals surface area (Å²) in [4.78, 5) is 12.3. The lowest BCUT2D eigenvalue weighted by molar-refractivity contribution is 0.214. The Morgan fingerprint density at radius 2 is 2.12 bits per heavy atom. The number of aromatic nitrogens is 4. The molecule has 1 saturated heterocycles. The second kappa shape index (κ2) is 11.5. The molecule has 1 fully saturated rings. The molecule has 3 aromatic heterocycles. The number of aryl methyl sites for hydroxylation is 1. The van der Waals surface area contributed by atoms with Crippen molar-refractivity contribution in [2.45, 2.75) is 51.4 Å². The Hall–Kier alpha value is -2.14. The van der Waals surface area contributed by atoms with E-state index in [1.165, 1.54) is 11.7 Å². The van der Waals surface area contributed by atoms with Crippen LogP contribution in [0.1, 0.15) is 12.8 Å². The molecular weight excluding hydrogens is 443 g/mol. The maximum Gasteiger partial charge on any atom is 0.376 e. The minimum absolute atomic E-state index is 0.341. The molecule has 8 nitrogen and oxygen atoms in total. The van der Waals surface area contributed by atoms with Gasteiger partial charge in [0, 0.05) is 83.4 Å². The molecule has 3 aromatic rings. The summed E-state index contributed by atoms with van der Waals surface area (Å²) < 4.78 is 6.77. The molecule has 0 saturated carbocycles. The summed E-state index contributed by atoms with van der Waals surface area (Å²) in [6.07, 6.45) is 10.0. The molecule has 186 valence electrons. The van der Waals surface area contributed by atoms with E-state index >= 15 is 0 Å². The number of ether oxygens (including phenoxy) is 1. The van der Waals surface area contributed by atoms with Crippen LogP contribution < -0.4 is 4.90 Å². The number of rotatable bonds is 7. The summed E-state index contributed by atoms with van der Waals surface area (Å²) in [5, 5.41) is 15.4. The minimum atomic E-state index is -0.803. The molecule has 10 heteroatoms. The topological polar surface area (TPSA) is 82.4 Å². The molecule has 0 unspecified atom stereocenters. The number of piperidine rings is 1. The molecule has 0 aromatic carbocycles. The molecule has 0 aliphatic carbocycles. The molecule has 4 rings (SSSR count). The summed E-state index contributed by atoms with van der Waals surface area (Å²) in [6, 6.07) is 3.72. The van der Waals surface area contributed by atoms with E-state index in [2.05, 4.69) is 50.5 Å². The summed E-state index contributed by atoms with van der Waals surface area (Å²) >= 11 is 0. The summed E-state index contributed by atoms with van der Waals surface area (Å²) in [6.45, 7) is 11.7. The van der Waals surface area contributed by atoms with Crippen LogP contribution in [0.15, 0.2) is 30.9 Å². The van der Waals surface area contributed by atoms with Crippen molar-refractivity contribution >= 4 is 31.8 Å². The first-order valence-electron chi connectivity index (χ1n) is 12.2. The predicted molar refractivity (Wildman–Crippen MR) is 145 cm³/mol. The minimum Gasteiger partial charge on any atom is -0.437 e. The monoisotopic (exact) mass is 484 g/mol. The number of methoxy groups -OCH3 is 1. The smallest absolute Gasteiger partial charge is 0.376 e. The first-order valence-corrected chi connectivity index (χ1v) is 15.9. The van der Waals surface area contributed by atoms with E-state index in [-0.39, 0.29) is 0 Å². The van der Waals surface area contributed by atoms with Gasteiger partial charge in [0.1, 0.15) is 5.65 Å². The van der Waals surface area contributed by atoms with Crippen molar-refractivity contribution in [3.8, 4) is 11.1 Å². The van der Waals surface area contributed by atoms with Gasteiger partial charge in [-0.1, -0.05) is 19.6 Å². The molecule has 4 heterocycles. The van der Waals surface area contributed by atoms with Crippen molar-refractivity contribution in [1.29, 1.82) is 0 Å². The highest BCUT2D eigenvalue weighted by Crippen LogP contribution is 2.36. The van der Waals surface area contributed by atoms with Gasteiger partial charge in [-0.3, -0.25) is 4.68 Å². The van der Waals surface area contributed by atoms with Gasteiger partial charge in [0.15, 0.2) is 0 Å². The molecule has 1 aliphatic rings. The standard InChI is InChI=1S/C18H25BN6O.C6H16OSi/c1-19(26)24(3)14-5-4-8-25(12-14)16-6-7-20-18-17(16)15(10-21-18)13-9-22-23(2)11-13;1-7-5-6-8(2,3)4/h6-7,9-11,14,26H,4-5,8,12H2,1-3H3,(H,20,21);5-6H2,1-4H3/t14-;/m0./s1. The zero-order chi connectivity index (χ0) is 24.9. The quantitative estimate of drug-likeness (QED) is 0.495. The molecule has 0 bridgehead atoms. The Bertz CT molecular complexity index is 1050. The first kappa shape index (κ1) is 26.5. The van der Waals surface area contributed by atoms with E-state index in [4.69, 9.17) is 4.74 Å². The van der Waals surface area contributed by atoms with Crippen molar-refractivity contribution in [2.75, 3.05) is 38.8 Å². The van der Waals surface area contributed by atoms with Gasteiger partial charge in [0.25, 0.3) is 0 Å². The van der Waals surface area contributed by atoms with Crippen LogP contribution in [-0.4, -0.2) is 84.6 Å². The van der Waals surface area contributed by atoms with E-state index in [0.717, 1.165) is 54.7 Å². The SMILES string of the molecule is CB(O)N(C)[C@H]1CCCN(c2ccnc3[nH]cc(-c4cnn(C)c4)c23)C1.COCC[Si](C)(C)C. The van der Waals surface area contributed by atoms with Gasteiger partial charge < -0.3 is 24.5 Å². The highest BCUT2D eigenvalue weighted by atomic mass is 28.3. The molecular formula is C24H41BN6O2Si. The van der Waals surface area contributed by atoms with Crippen LogP contribution in [0, 0.1) is 0 Å². The molecule has 0 amide bonds. The molecule has 1 aliphatic heterocycles. The number of fused-ring (bicyclic) bond motifs is 1. The largest absolute Gasteiger partial charge is 0.437 e.